The first-order valence-corrected chi connectivity index (χ1v) is 8.24. The third kappa shape index (κ3) is 4.77. The predicted octanol–water partition coefficient (Wildman–Crippen LogP) is 2.86. The highest BCUT2D eigenvalue weighted by Crippen LogP contribution is 2.29. The number of ether oxygens (including phenoxy) is 1. The van der Waals surface area contributed by atoms with Crippen LogP contribution in [0, 0.1) is 17.7 Å². The quantitative estimate of drug-likeness (QED) is 0.867. The Balaban J connectivity index is 2.23. The maximum Gasteiger partial charge on any atom is 0.304 e. The van der Waals surface area contributed by atoms with Crippen molar-refractivity contribution < 1.29 is 23.8 Å². The maximum absolute atomic E-state index is 13.5. The topological polar surface area (TPSA) is 66.8 Å². The van der Waals surface area contributed by atoms with Gasteiger partial charge in [0.25, 0.3) is 0 Å². The standard InChI is InChI=1S/C18H24FNO4/c1-12(2)8-14(10-17(21)22)18(23)20-6-7-24-11-16(20)13-4-3-5-15(19)9-13/h3-5,9,12,14,16H,6-8,10-11H2,1-2H3,(H,21,22). The minimum Gasteiger partial charge on any atom is -0.481 e. The minimum absolute atomic E-state index is 0.190. The molecule has 1 aliphatic heterocycles. The molecular formula is C18H24FNO4. The van der Waals surface area contributed by atoms with Crippen molar-refractivity contribution in [3.8, 4) is 0 Å². The molecule has 0 bridgehead atoms. The number of rotatable bonds is 6. The Labute approximate surface area is 141 Å². The fraction of sp³-hybridized carbons (Fsp3) is 0.556. The Morgan fingerprint density at radius 2 is 2.17 bits per heavy atom. The fourth-order valence-electron chi connectivity index (χ4n) is 3.14. The number of aliphatic carboxylic acids is 1. The summed E-state index contributed by atoms with van der Waals surface area (Å²) in [5.41, 5.74) is 0.668. The van der Waals surface area contributed by atoms with E-state index in [0.29, 0.717) is 25.1 Å². The third-order valence-corrected chi connectivity index (χ3v) is 4.17. The Morgan fingerprint density at radius 1 is 1.42 bits per heavy atom. The zero-order chi connectivity index (χ0) is 17.7. The summed E-state index contributed by atoms with van der Waals surface area (Å²) in [6, 6.07) is 5.73. The van der Waals surface area contributed by atoms with E-state index in [0.717, 1.165) is 0 Å². The van der Waals surface area contributed by atoms with E-state index in [4.69, 9.17) is 9.84 Å². The number of carboxylic acid groups (broad SMARTS) is 1. The van der Waals surface area contributed by atoms with E-state index >= 15 is 0 Å². The van der Waals surface area contributed by atoms with Crippen molar-refractivity contribution in [2.45, 2.75) is 32.7 Å². The molecule has 0 aromatic heterocycles. The van der Waals surface area contributed by atoms with E-state index in [-0.39, 0.29) is 36.7 Å². The molecule has 1 aromatic carbocycles. The number of benzene rings is 1. The minimum atomic E-state index is -0.982. The van der Waals surface area contributed by atoms with Gasteiger partial charge in [0.15, 0.2) is 0 Å². The SMILES string of the molecule is CC(C)CC(CC(=O)O)C(=O)N1CCOCC1c1cccc(F)c1. The lowest BCUT2D eigenvalue weighted by Crippen LogP contribution is -2.46. The van der Waals surface area contributed by atoms with Gasteiger partial charge in [0.2, 0.25) is 5.91 Å². The lowest BCUT2D eigenvalue weighted by Gasteiger charge is -2.38. The van der Waals surface area contributed by atoms with E-state index in [9.17, 15) is 14.0 Å². The Hall–Kier alpha value is -1.95. The number of halogens is 1. The number of hydrogen-bond donors (Lipinski definition) is 1. The lowest BCUT2D eigenvalue weighted by molar-refractivity contribution is -0.150. The van der Waals surface area contributed by atoms with Crippen molar-refractivity contribution in [2.24, 2.45) is 11.8 Å². The normalized spacial score (nSPS) is 19.3. The molecule has 1 N–H and O–H groups in total. The van der Waals surface area contributed by atoms with Crippen LogP contribution in [0.5, 0.6) is 0 Å². The van der Waals surface area contributed by atoms with Crippen LogP contribution in [0.2, 0.25) is 0 Å². The highest BCUT2D eigenvalue weighted by molar-refractivity contribution is 5.83. The number of hydrogen-bond acceptors (Lipinski definition) is 3. The summed E-state index contributed by atoms with van der Waals surface area (Å²) in [7, 11) is 0. The van der Waals surface area contributed by atoms with Crippen LogP contribution in [0.1, 0.15) is 38.3 Å². The Bertz CT molecular complexity index is 590. The van der Waals surface area contributed by atoms with E-state index in [1.54, 1.807) is 17.0 Å². The van der Waals surface area contributed by atoms with Crippen LogP contribution in [0.25, 0.3) is 0 Å². The van der Waals surface area contributed by atoms with E-state index < -0.39 is 11.9 Å². The summed E-state index contributed by atoms with van der Waals surface area (Å²) < 4.78 is 19.0. The summed E-state index contributed by atoms with van der Waals surface area (Å²) >= 11 is 0. The van der Waals surface area contributed by atoms with Gasteiger partial charge in [-0.3, -0.25) is 9.59 Å². The maximum atomic E-state index is 13.5. The first-order chi connectivity index (χ1) is 11.4. The summed E-state index contributed by atoms with van der Waals surface area (Å²) in [5, 5.41) is 9.12. The van der Waals surface area contributed by atoms with Gasteiger partial charge in [0, 0.05) is 12.5 Å². The average molecular weight is 337 g/mol. The van der Waals surface area contributed by atoms with Crippen LogP contribution in [-0.4, -0.2) is 41.6 Å². The molecule has 1 amide bonds. The van der Waals surface area contributed by atoms with Crippen LogP contribution >= 0.6 is 0 Å². The Morgan fingerprint density at radius 3 is 2.79 bits per heavy atom. The fourth-order valence-corrected chi connectivity index (χ4v) is 3.14. The molecule has 132 valence electrons. The van der Waals surface area contributed by atoms with Gasteiger partial charge >= 0.3 is 5.97 Å². The average Bonchev–Trinajstić information content (AvgIpc) is 2.52. The molecule has 1 fully saturated rings. The van der Waals surface area contributed by atoms with Crippen molar-refractivity contribution in [1.29, 1.82) is 0 Å². The van der Waals surface area contributed by atoms with Gasteiger partial charge in [-0.05, 0) is 30.0 Å². The van der Waals surface area contributed by atoms with Gasteiger partial charge in [-0.15, -0.1) is 0 Å². The summed E-state index contributed by atoms with van der Waals surface area (Å²) in [5.74, 6) is -1.90. The highest BCUT2D eigenvalue weighted by Gasteiger charge is 2.34. The number of carboxylic acids is 1. The zero-order valence-electron chi connectivity index (χ0n) is 14.1. The summed E-state index contributed by atoms with van der Waals surface area (Å²) in [6.45, 7) is 5.00. The number of carbonyl (C=O) groups excluding carboxylic acids is 1. The highest BCUT2D eigenvalue weighted by atomic mass is 19.1. The molecule has 0 spiro atoms. The molecule has 0 saturated carbocycles. The van der Waals surface area contributed by atoms with Crippen molar-refractivity contribution in [1.82, 2.24) is 4.90 Å². The van der Waals surface area contributed by atoms with Crippen molar-refractivity contribution >= 4 is 11.9 Å². The monoisotopic (exact) mass is 337 g/mol. The molecule has 1 saturated heterocycles. The van der Waals surface area contributed by atoms with E-state index in [1.165, 1.54) is 12.1 Å². The van der Waals surface area contributed by atoms with Gasteiger partial charge < -0.3 is 14.7 Å². The molecule has 2 rings (SSSR count). The van der Waals surface area contributed by atoms with Gasteiger partial charge in [0.1, 0.15) is 5.82 Å². The molecule has 2 atom stereocenters. The number of carbonyl (C=O) groups is 2. The first kappa shape index (κ1) is 18.4. The number of nitrogens with zero attached hydrogens (tertiary/aromatic N) is 1. The van der Waals surface area contributed by atoms with Gasteiger partial charge in [-0.2, -0.15) is 0 Å². The molecular weight excluding hydrogens is 313 g/mol. The second-order valence-electron chi connectivity index (χ2n) is 6.60. The van der Waals surface area contributed by atoms with Gasteiger partial charge in [-0.1, -0.05) is 26.0 Å². The Kier molecular flexibility index (Phi) is 6.31. The number of amides is 1. The molecule has 2 unspecified atom stereocenters. The number of morpholine rings is 1. The van der Waals surface area contributed by atoms with Gasteiger partial charge in [0.05, 0.1) is 25.7 Å². The van der Waals surface area contributed by atoms with E-state index in [1.807, 2.05) is 13.8 Å². The van der Waals surface area contributed by atoms with Gasteiger partial charge in [-0.25, -0.2) is 4.39 Å². The van der Waals surface area contributed by atoms with Crippen LogP contribution in [0.15, 0.2) is 24.3 Å². The first-order valence-electron chi connectivity index (χ1n) is 8.24. The second-order valence-corrected chi connectivity index (χ2v) is 6.60. The van der Waals surface area contributed by atoms with Crippen LogP contribution in [-0.2, 0) is 14.3 Å². The van der Waals surface area contributed by atoms with Crippen LogP contribution < -0.4 is 0 Å². The molecule has 1 aromatic rings. The molecule has 5 nitrogen and oxygen atoms in total. The van der Waals surface area contributed by atoms with Crippen molar-refractivity contribution in [3.63, 3.8) is 0 Å². The molecule has 0 radical (unpaired) electrons. The summed E-state index contributed by atoms with van der Waals surface area (Å²) in [6.07, 6.45) is 0.322. The van der Waals surface area contributed by atoms with E-state index in [2.05, 4.69) is 0 Å². The predicted molar refractivity (Wildman–Crippen MR) is 86.9 cm³/mol. The van der Waals surface area contributed by atoms with Crippen molar-refractivity contribution in [3.05, 3.63) is 35.6 Å². The lowest BCUT2D eigenvalue weighted by atomic mass is 9.91. The zero-order valence-corrected chi connectivity index (χ0v) is 14.1. The molecule has 6 heteroatoms. The largest absolute Gasteiger partial charge is 0.481 e. The third-order valence-electron chi connectivity index (χ3n) is 4.17. The molecule has 0 aliphatic carbocycles. The molecule has 1 heterocycles. The molecule has 24 heavy (non-hydrogen) atoms. The van der Waals surface area contributed by atoms with Crippen LogP contribution in [0.4, 0.5) is 4.39 Å². The second kappa shape index (κ2) is 8.24. The van der Waals surface area contributed by atoms with Crippen molar-refractivity contribution in [2.75, 3.05) is 19.8 Å². The smallest absolute Gasteiger partial charge is 0.304 e. The van der Waals surface area contributed by atoms with Crippen LogP contribution in [0.3, 0.4) is 0 Å². The molecule has 1 aliphatic rings. The summed E-state index contributed by atoms with van der Waals surface area (Å²) in [4.78, 5) is 25.7.